The number of carbonyl (C=O) groups is 1. The molecular formula is C18H18N2O2S2. The highest BCUT2D eigenvalue weighted by atomic mass is 32.1. The quantitative estimate of drug-likeness (QED) is 0.635. The molecule has 0 amide bonds. The normalized spacial score (nSPS) is 10.6. The Hall–Kier alpha value is -2.18. The number of nitrogens with zero attached hydrogens (tertiary/aromatic N) is 1. The van der Waals surface area contributed by atoms with Crippen LogP contribution in [-0.2, 0) is 11.3 Å². The maximum absolute atomic E-state index is 12.1. The molecule has 1 aromatic carbocycles. The van der Waals surface area contributed by atoms with E-state index in [4.69, 9.17) is 4.74 Å². The lowest BCUT2D eigenvalue weighted by Crippen LogP contribution is -2.05. The molecule has 4 nitrogen and oxygen atoms in total. The number of nitrogens with one attached hydrogen (secondary N) is 1. The maximum atomic E-state index is 12.1. The van der Waals surface area contributed by atoms with Crippen molar-refractivity contribution >= 4 is 39.5 Å². The summed E-state index contributed by atoms with van der Waals surface area (Å²) in [6.07, 6.45) is 0. The van der Waals surface area contributed by atoms with Crippen LogP contribution in [0.2, 0.25) is 0 Å². The Bertz CT molecular complexity index is 850. The number of benzene rings is 1. The highest BCUT2D eigenvalue weighted by molar-refractivity contribution is 7.13. The molecule has 0 atom stereocenters. The third kappa shape index (κ3) is 4.01. The largest absolute Gasteiger partial charge is 0.456 e. The van der Waals surface area contributed by atoms with Crippen LogP contribution in [0.15, 0.2) is 35.7 Å². The van der Waals surface area contributed by atoms with E-state index in [2.05, 4.69) is 17.2 Å². The molecule has 2 heterocycles. The number of aromatic nitrogens is 1. The van der Waals surface area contributed by atoms with Gasteiger partial charge in [-0.2, -0.15) is 0 Å². The van der Waals surface area contributed by atoms with E-state index in [9.17, 15) is 4.79 Å². The lowest BCUT2D eigenvalue weighted by molar-refractivity contribution is 0.0468. The number of esters is 1. The molecule has 0 fully saturated rings. The maximum Gasteiger partial charge on any atom is 0.339 e. The average molecular weight is 358 g/mol. The van der Waals surface area contributed by atoms with Crippen LogP contribution < -0.4 is 5.32 Å². The van der Waals surface area contributed by atoms with E-state index in [1.165, 1.54) is 16.9 Å². The first-order valence-electron chi connectivity index (χ1n) is 7.53. The highest BCUT2D eigenvalue weighted by Crippen LogP contribution is 2.23. The zero-order valence-electron chi connectivity index (χ0n) is 13.8. The van der Waals surface area contributed by atoms with E-state index in [0.29, 0.717) is 5.56 Å². The van der Waals surface area contributed by atoms with Gasteiger partial charge in [-0.1, -0.05) is 17.7 Å². The van der Waals surface area contributed by atoms with E-state index in [-0.39, 0.29) is 12.6 Å². The molecule has 0 saturated carbocycles. The van der Waals surface area contributed by atoms with Crippen molar-refractivity contribution in [2.75, 3.05) is 5.32 Å². The van der Waals surface area contributed by atoms with Gasteiger partial charge in [0, 0.05) is 20.8 Å². The first-order chi connectivity index (χ1) is 11.5. The zero-order valence-corrected chi connectivity index (χ0v) is 15.4. The van der Waals surface area contributed by atoms with Crippen LogP contribution in [0.3, 0.4) is 0 Å². The van der Waals surface area contributed by atoms with Crippen molar-refractivity contribution in [2.24, 2.45) is 0 Å². The first-order valence-corrected chi connectivity index (χ1v) is 9.23. The molecule has 0 aliphatic carbocycles. The number of carbonyl (C=O) groups excluding carboxylic acids is 1. The molecule has 0 unspecified atom stereocenters. The predicted octanol–water partition coefficient (Wildman–Crippen LogP) is 5.23. The second-order valence-corrected chi connectivity index (χ2v) is 7.86. The Morgan fingerprint density at radius 3 is 2.62 bits per heavy atom. The van der Waals surface area contributed by atoms with Crippen molar-refractivity contribution in [1.29, 1.82) is 0 Å². The minimum Gasteiger partial charge on any atom is -0.456 e. The molecule has 0 saturated heterocycles. The van der Waals surface area contributed by atoms with Gasteiger partial charge in [0.05, 0.1) is 11.3 Å². The van der Waals surface area contributed by atoms with Gasteiger partial charge in [0.25, 0.3) is 0 Å². The van der Waals surface area contributed by atoms with Crippen LogP contribution in [0.1, 0.15) is 31.4 Å². The molecule has 2 aromatic heterocycles. The molecule has 124 valence electrons. The fraction of sp³-hybridized carbons (Fsp3) is 0.222. The van der Waals surface area contributed by atoms with Gasteiger partial charge in [-0.15, -0.1) is 22.7 Å². The molecule has 0 spiro atoms. The number of hydrogen-bond donors (Lipinski definition) is 1. The average Bonchev–Trinajstić information content (AvgIpc) is 3.13. The molecule has 3 aromatic rings. The fourth-order valence-corrected chi connectivity index (χ4v) is 3.87. The van der Waals surface area contributed by atoms with Crippen LogP contribution in [0.4, 0.5) is 10.8 Å². The third-order valence-electron chi connectivity index (χ3n) is 3.47. The fourth-order valence-electron chi connectivity index (χ4n) is 2.24. The van der Waals surface area contributed by atoms with E-state index >= 15 is 0 Å². The lowest BCUT2D eigenvalue weighted by Gasteiger charge is -2.03. The van der Waals surface area contributed by atoms with Crippen LogP contribution in [0.5, 0.6) is 0 Å². The molecule has 0 aliphatic rings. The number of thiophene rings is 1. The zero-order chi connectivity index (χ0) is 17.1. The SMILES string of the molecule is Cc1ccc(Nc2nc(COC(=O)c3cc(C)sc3C)cs2)cc1. The number of hydrogen-bond acceptors (Lipinski definition) is 6. The lowest BCUT2D eigenvalue weighted by atomic mass is 10.2. The first kappa shape index (κ1) is 16.7. The van der Waals surface area contributed by atoms with Crippen molar-refractivity contribution in [1.82, 2.24) is 4.98 Å². The van der Waals surface area contributed by atoms with Gasteiger partial charge in [0.1, 0.15) is 6.61 Å². The van der Waals surface area contributed by atoms with Gasteiger partial charge in [0.2, 0.25) is 0 Å². The summed E-state index contributed by atoms with van der Waals surface area (Å²) in [6.45, 7) is 6.15. The molecule has 6 heteroatoms. The molecule has 3 rings (SSSR count). The number of ether oxygens (including phenoxy) is 1. The van der Waals surface area contributed by atoms with Gasteiger partial charge in [0.15, 0.2) is 5.13 Å². The van der Waals surface area contributed by atoms with Crippen molar-refractivity contribution < 1.29 is 9.53 Å². The summed E-state index contributed by atoms with van der Waals surface area (Å²) in [4.78, 5) is 18.7. The standard InChI is InChI=1S/C18H18N2O2S2/c1-11-4-6-14(7-5-11)19-18-20-15(10-23-18)9-22-17(21)16-8-12(2)24-13(16)3/h4-8,10H,9H2,1-3H3,(H,19,20). The number of aryl methyl sites for hydroxylation is 3. The highest BCUT2D eigenvalue weighted by Gasteiger charge is 2.14. The van der Waals surface area contributed by atoms with Crippen molar-refractivity contribution in [3.63, 3.8) is 0 Å². The summed E-state index contributed by atoms with van der Waals surface area (Å²) < 4.78 is 5.37. The molecule has 0 bridgehead atoms. The summed E-state index contributed by atoms with van der Waals surface area (Å²) in [5, 5.41) is 5.93. The summed E-state index contributed by atoms with van der Waals surface area (Å²) in [5.74, 6) is -0.294. The number of anilines is 2. The van der Waals surface area contributed by atoms with Crippen molar-refractivity contribution in [3.8, 4) is 0 Å². The van der Waals surface area contributed by atoms with E-state index in [0.717, 1.165) is 26.3 Å². The van der Waals surface area contributed by atoms with Gasteiger partial charge in [-0.05, 0) is 39.0 Å². The number of thiazole rings is 1. The van der Waals surface area contributed by atoms with E-state index < -0.39 is 0 Å². The Balaban J connectivity index is 1.59. The molecular weight excluding hydrogens is 340 g/mol. The van der Waals surface area contributed by atoms with Crippen LogP contribution in [0.25, 0.3) is 0 Å². The van der Waals surface area contributed by atoms with E-state index in [1.807, 2.05) is 49.6 Å². The smallest absolute Gasteiger partial charge is 0.339 e. The van der Waals surface area contributed by atoms with Gasteiger partial charge in [-0.3, -0.25) is 0 Å². The molecule has 0 radical (unpaired) electrons. The monoisotopic (exact) mass is 358 g/mol. The van der Waals surface area contributed by atoms with Gasteiger partial charge in [-0.25, -0.2) is 9.78 Å². The van der Waals surface area contributed by atoms with Gasteiger partial charge >= 0.3 is 5.97 Å². The van der Waals surface area contributed by atoms with E-state index in [1.54, 1.807) is 11.3 Å². The second-order valence-electron chi connectivity index (χ2n) is 5.54. The summed E-state index contributed by atoms with van der Waals surface area (Å²) in [7, 11) is 0. The van der Waals surface area contributed by atoms with Crippen LogP contribution in [-0.4, -0.2) is 11.0 Å². The summed E-state index contributed by atoms with van der Waals surface area (Å²) in [6, 6.07) is 9.98. The van der Waals surface area contributed by atoms with Gasteiger partial charge < -0.3 is 10.1 Å². The molecule has 0 aliphatic heterocycles. The molecule has 1 N–H and O–H groups in total. The Kier molecular flexibility index (Phi) is 4.97. The molecule has 24 heavy (non-hydrogen) atoms. The third-order valence-corrected chi connectivity index (χ3v) is 5.24. The minimum absolute atomic E-state index is 0.180. The van der Waals surface area contributed by atoms with Crippen molar-refractivity contribution in [3.05, 3.63) is 62.3 Å². The van der Waals surface area contributed by atoms with Crippen LogP contribution in [0, 0.1) is 20.8 Å². The Morgan fingerprint density at radius 2 is 1.96 bits per heavy atom. The summed E-state index contributed by atoms with van der Waals surface area (Å²) >= 11 is 3.09. The Morgan fingerprint density at radius 1 is 1.21 bits per heavy atom. The topological polar surface area (TPSA) is 51.2 Å². The number of rotatable bonds is 5. The minimum atomic E-state index is -0.294. The Labute approximate surface area is 149 Å². The van der Waals surface area contributed by atoms with Crippen molar-refractivity contribution in [2.45, 2.75) is 27.4 Å². The second kappa shape index (κ2) is 7.15. The predicted molar refractivity (Wildman–Crippen MR) is 99.5 cm³/mol. The van der Waals surface area contributed by atoms with Crippen LogP contribution >= 0.6 is 22.7 Å². The summed E-state index contributed by atoms with van der Waals surface area (Å²) in [5.41, 5.74) is 3.59.